The number of hydrogen-bond acceptors (Lipinski definition) is 6. The van der Waals surface area contributed by atoms with Crippen LogP contribution in [0, 0.1) is 6.92 Å². The highest BCUT2D eigenvalue weighted by atomic mass is 32.2. The Bertz CT molecular complexity index is 1130. The molecule has 0 atom stereocenters. The van der Waals surface area contributed by atoms with Gasteiger partial charge < -0.3 is 14.5 Å². The normalized spacial score (nSPS) is 10.8. The summed E-state index contributed by atoms with van der Waals surface area (Å²) in [4.78, 5) is 12.2. The standard InChI is InChI=1S/C22H19N3O3S/c1-15-6-10-19(11-7-15)27-13-21-24-25-22(28-21)29-14-20(26)23-18-9-8-16-4-2-3-5-17(16)12-18/h2-12H,13-14H2,1H3,(H,23,26). The third kappa shape index (κ3) is 5.14. The molecule has 4 rings (SSSR count). The molecule has 1 heterocycles. The Balaban J connectivity index is 1.27. The van der Waals surface area contributed by atoms with E-state index in [-0.39, 0.29) is 18.3 Å². The minimum absolute atomic E-state index is 0.138. The molecular formula is C22H19N3O3S. The molecule has 7 heteroatoms. The first kappa shape index (κ1) is 19.0. The second-order valence-electron chi connectivity index (χ2n) is 6.46. The molecule has 1 amide bonds. The van der Waals surface area contributed by atoms with Crippen molar-refractivity contribution in [2.45, 2.75) is 18.8 Å². The summed E-state index contributed by atoms with van der Waals surface area (Å²) in [6, 6.07) is 21.5. The zero-order valence-electron chi connectivity index (χ0n) is 15.8. The fraction of sp³-hybridized carbons (Fsp3) is 0.136. The van der Waals surface area contributed by atoms with Crippen LogP contribution in [0.25, 0.3) is 10.8 Å². The largest absolute Gasteiger partial charge is 0.484 e. The first-order valence-electron chi connectivity index (χ1n) is 9.09. The van der Waals surface area contributed by atoms with Gasteiger partial charge in [0.2, 0.25) is 5.91 Å². The molecule has 3 aromatic carbocycles. The number of amides is 1. The Morgan fingerprint density at radius 1 is 1.03 bits per heavy atom. The summed E-state index contributed by atoms with van der Waals surface area (Å²) >= 11 is 1.19. The molecule has 0 radical (unpaired) electrons. The molecule has 29 heavy (non-hydrogen) atoms. The molecule has 0 aliphatic heterocycles. The van der Waals surface area contributed by atoms with Gasteiger partial charge in [-0.3, -0.25) is 4.79 Å². The highest BCUT2D eigenvalue weighted by molar-refractivity contribution is 7.99. The third-order valence-corrected chi connectivity index (χ3v) is 5.01. The Labute approximate surface area is 172 Å². The van der Waals surface area contributed by atoms with Crippen LogP contribution in [0.3, 0.4) is 0 Å². The molecule has 0 fully saturated rings. The van der Waals surface area contributed by atoms with E-state index in [1.165, 1.54) is 11.8 Å². The second kappa shape index (κ2) is 8.79. The van der Waals surface area contributed by atoms with Crippen molar-refractivity contribution in [1.29, 1.82) is 0 Å². The predicted octanol–water partition coefficient (Wildman–Crippen LogP) is 4.84. The summed E-state index contributed by atoms with van der Waals surface area (Å²) in [5, 5.41) is 13.3. The van der Waals surface area contributed by atoms with E-state index >= 15 is 0 Å². The van der Waals surface area contributed by atoms with Gasteiger partial charge in [-0.15, -0.1) is 10.2 Å². The van der Waals surface area contributed by atoms with Crippen LogP contribution < -0.4 is 10.1 Å². The van der Waals surface area contributed by atoms with Crippen LogP contribution in [-0.2, 0) is 11.4 Å². The van der Waals surface area contributed by atoms with Crippen LogP contribution in [0.15, 0.2) is 76.4 Å². The fourth-order valence-corrected chi connectivity index (χ4v) is 3.31. The minimum Gasteiger partial charge on any atom is -0.484 e. The monoisotopic (exact) mass is 405 g/mol. The van der Waals surface area contributed by atoms with Gasteiger partial charge in [-0.2, -0.15) is 0 Å². The van der Waals surface area contributed by atoms with Gasteiger partial charge in [0.25, 0.3) is 11.1 Å². The number of nitrogens with one attached hydrogen (secondary N) is 1. The van der Waals surface area contributed by atoms with Gasteiger partial charge in [0, 0.05) is 5.69 Å². The van der Waals surface area contributed by atoms with Crippen LogP contribution >= 0.6 is 11.8 Å². The Hall–Kier alpha value is -3.32. The van der Waals surface area contributed by atoms with Crippen molar-refractivity contribution in [3.8, 4) is 5.75 Å². The average molecular weight is 405 g/mol. The van der Waals surface area contributed by atoms with Crippen LogP contribution in [0.2, 0.25) is 0 Å². The van der Waals surface area contributed by atoms with E-state index in [1.54, 1.807) is 0 Å². The number of thioether (sulfide) groups is 1. The van der Waals surface area contributed by atoms with Crippen LogP contribution in [0.5, 0.6) is 5.75 Å². The molecule has 6 nitrogen and oxygen atoms in total. The van der Waals surface area contributed by atoms with Crippen molar-refractivity contribution in [2.24, 2.45) is 0 Å². The fourth-order valence-electron chi connectivity index (χ4n) is 2.73. The maximum Gasteiger partial charge on any atom is 0.277 e. The summed E-state index contributed by atoms with van der Waals surface area (Å²) < 4.78 is 11.1. The van der Waals surface area contributed by atoms with Crippen molar-refractivity contribution in [3.05, 3.63) is 78.2 Å². The molecule has 0 aliphatic carbocycles. The van der Waals surface area contributed by atoms with Crippen LogP contribution in [0.4, 0.5) is 5.69 Å². The van der Waals surface area contributed by atoms with E-state index in [2.05, 4.69) is 15.5 Å². The van der Waals surface area contributed by atoms with E-state index in [4.69, 9.17) is 9.15 Å². The number of aromatic nitrogens is 2. The van der Waals surface area contributed by atoms with Gasteiger partial charge in [-0.25, -0.2) is 0 Å². The number of fused-ring (bicyclic) bond motifs is 1. The number of anilines is 1. The molecule has 0 unspecified atom stereocenters. The predicted molar refractivity (Wildman–Crippen MR) is 113 cm³/mol. The van der Waals surface area contributed by atoms with Gasteiger partial charge in [-0.05, 0) is 42.0 Å². The number of benzene rings is 3. The quantitative estimate of drug-likeness (QED) is 0.443. The summed E-state index contributed by atoms with van der Waals surface area (Å²) in [5.74, 6) is 1.13. The molecule has 4 aromatic rings. The lowest BCUT2D eigenvalue weighted by molar-refractivity contribution is -0.113. The highest BCUT2D eigenvalue weighted by Crippen LogP contribution is 2.21. The van der Waals surface area contributed by atoms with E-state index < -0.39 is 0 Å². The molecular weight excluding hydrogens is 386 g/mol. The smallest absolute Gasteiger partial charge is 0.277 e. The zero-order valence-corrected chi connectivity index (χ0v) is 16.6. The zero-order chi connectivity index (χ0) is 20.1. The van der Waals surface area contributed by atoms with Crippen molar-refractivity contribution < 1.29 is 13.9 Å². The number of rotatable bonds is 7. The number of aryl methyl sites for hydroxylation is 1. The summed E-state index contributed by atoms with van der Waals surface area (Å²) in [5.41, 5.74) is 1.92. The van der Waals surface area contributed by atoms with Crippen molar-refractivity contribution in [2.75, 3.05) is 11.1 Å². The molecule has 0 spiro atoms. The topological polar surface area (TPSA) is 77.2 Å². The molecule has 0 saturated heterocycles. The second-order valence-corrected chi connectivity index (χ2v) is 7.39. The summed E-state index contributed by atoms with van der Waals surface area (Å²) in [6.45, 7) is 2.20. The van der Waals surface area contributed by atoms with Crippen molar-refractivity contribution >= 4 is 34.1 Å². The Kier molecular flexibility index (Phi) is 5.76. The Morgan fingerprint density at radius 2 is 1.83 bits per heavy atom. The van der Waals surface area contributed by atoms with Gasteiger partial charge in [0.15, 0.2) is 6.61 Å². The molecule has 0 saturated carbocycles. The van der Waals surface area contributed by atoms with Crippen molar-refractivity contribution in [3.63, 3.8) is 0 Å². The van der Waals surface area contributed by atoms with Crippen molar-refractivity contribution in [1.82, 2.24) is 10.2 Å². The van der Waals surface area contributed by atoms with Gasteiger partial charge in [0.1, 0.15) is 5.75 Å². The number of ether oxygens (including phenoxy) is 1. The SMILES string of the molecule is Cc1ccc(OCc2nnc(SCC(=O)Nc3ccc4ccccc4c3)o2)cc1. The van der Waals surface area contributed by atoms with Gasteiger partial charge in [0.05, 0.1) is 5.75 Å². The number of hydrogen-bond donors (Lipinski definition) is 1. The lowest BCUT2D eigenvalue weighted by Gasteiger charge is -2.05. The number of carbonyl (C=O) groups is 1. The minimum atomic E-state index is -0.138. The van der Waals surface area contributed by atoms with Crippen LogP contribution in [-0.4, -0.2) is 21.9 Å². The summed E-state index contributed by atoms with van der Waals surface area (Å²) in [6.07, 6.45) is 0. The number of carbonyl (C=O) groups excluding carboxylic acids is 1. The number of nitrogens with zero attached hydrogens (tertiary/aromatic N) is 2. The average Bonchev–Trinajstić information content (AvgIpc) is 3.20. The van der Waals surface area contributed by atoms with Gasteiger partial charge >= 0.3 is 0 Å². The third-order valence-electron chi connectivity index (χ3n) is 4.19. The molecule has 0 bridgehead atoms. The first-order chi connectivity index (χ1) is 14.2. The molecule has 0 aliphatic rings. The maximum absolute atomic E-state index is 12.2. The molecule has 1 N–H and O–H groups in total. The summed E-state index contributed by atoms with van der Waals surface area (Å²) in [7, 11) is 0. The van der Waals surface area contributed by atoms with E-state index in [0.717, 1.165) is 27.8 Å². The lowest BCUT2D eigenvalue weighted by Crippen LogP contribution is -2.13. The van der Waals surface area contributed by atoms with Crippen LogP contribution in [0.1, 0.15) is 11.5 Å². The molecule has 146 valence electrons. The van der Waals surface area contributed by atoms with Gasteiger partial charge in [-0.1, -0.05) is 59.8 Å². The maximum atomic E-state index is 12.2. The first-order valence-corrected chi connectivity index (χ1v) is 10.1. The Morgan fingerprint density at radius 3 is 2.66 bits per heavy atom. The van der Waals surface area contributed by atoms with E-state index in [9.17, 15) is 4.79 Å². The van der Waals surface area contributed by atoms with E-state index in [0.29, 0.717) is 11.1 Å². The molecule has 1 aromatic heterocycles. The lowest BCUT2D eigenvalue weighted by atomic mass is 10.1. The van der Waals surface area contributed by atoms with E-state index in [1.807, 2.05) is 73.7 Å². The highest BCUT2D eigenvalue weighted by Gasteiger charge is 2.11.